The van der Waals surface area contributed by atoms with E-state index >= 15 is 0 Å². The smallest absolute Gasteiger partial charge is 0.310 e. The Bertz CT molecular complexity index is 1570. The summed E-state index contributed by atoms with van der Waals surface area (Å²) in [6.07, 6.45) is 0.368. The number of aliphatic hydroxyl groups excluding tert-OH is 2. The minimum absolute atomic E-state index is 0.000256. The summed E-state index contributed by atoms with van der Waals surface area (Å²) in [5.41, 5.74) is 3.46. The van der Waals surface area contributed by atoms with Gasteiger partial charge in [-0.1, -0.05) is 25.1 Å². The van der Waals surface area contributed by atoms with Gasteiger partial charge in [-0.25, -0.2) is 0 Å². The Labute approximate surface area is 235 Å². The van der Waals surface area contributed by atoms with Crippen LogP contribution in [0.15, 0.2) is 53.3 Å². The first-order chi connectivity index (χ1) is 19.3. The highest BCUT2D eigenvalue weighted by molar-refractivity contribution is 6.24. The second-order valence-corrected chi connectivity index (χ2v) is 10.8. The Balaban J connectivity index is 1.65. The predicted molar refractivity (Wildman–Crippen MR) is 146 cm³/mol. The summed E-state index contributed by atoms with van der Waals surface area (Å²) >= 11 is 0. The SMILES string of the molecule is CCC(=O)Oc1ccc(-c2ccc(O)c3c2C[C@H]2C[C@H]4C(N(C)C)C(=O)C(C(N)=O)=C(O)[C@@]4(O)C(=O)C2=C3O)cc1. The van der Waals surface area contributed by atoms with Gasteiger partial charge in [-0.15, -0.1) is 0 Å². The molecule has 3 aliphatic carbocycles. The number of amides is 1. The average molecular weight is 563 g/mol. The number of esters is 1. The van der Waals surface area contributed by atoms with Gasteiger partial charge in [-0.2, -0.15) is 0 Å². The van der Waals surface area contributed by atoms with Crippen LogP contribution in [0.3, 0.4) is 0 Å². The molecule has 1 saturated carbocycles. The summed E-state index contributed by atoms with van der Waals surface area (Å²) in [5, 5.41) is 44.8. The number of nitrogens with two attached hydrogens (primary N) is 1. The molecule has 0 aromatic heterocycles. The van der Waals surface area contributed by atoms with Crippen molar-refractivity contribution >= 4 is 29.2 Å². The molecule has 6 N–H and O–H groups in total. The number of carbonyl (C=O) groups is 4. The fraction of sp³-hybridized carbons (Fsp3) is 0.333. The van der Waals surface area contributed by atoms with Crippen molar-refractivity contribution in [2.45, 2.75) is 37.8 Å². The topological polar surface area (TPSA) is 188 Å². The van der Waals surface area contributed by atoms with E-state index < -0.39 is 58.0 Å². The molecule has 41 heavy (non-hydrogen) atoms. The first-order valence-corrected chi connectivity index (χ1v) is 13.1. The molecule has 0 bridgehead atoms. The lowest BCUT2D eigenvalue weighted by Gasteiger charge is -2.50. The first kappa shape index (κ1) is 28.1. The maximum absolute atomic E-state index is 13.9. The predicted octanol–water partition coefficient (Wildman–Crippen LogP) is 1.95. The Morgan fingerprint density at radius 2 is 1.73 bits per heavy atom. The van der Waals surface area contributed by atoms with E-state index in [1.807, 2.05) is 0 Å². The number of rotatable bonds is 5. The summed E-state index contributed by atoms with van der Waals surface area (Å²) in [4.78, 5) is 52.4. The van der Waals surface area contributed by atoms with Crippen LogP contribution < -0.4 is 10.5 Å². The molecule has 0 spiro atoms. The van der Waals surface area contributed by atoms with E-state index in [2.05, 4.69) is 0 Å². The number of aliphatic hydroxyl groups is 3. The molecular weight excluding hydrogens is 532 g/mol. The number of hydrogen-bond donors (Lipinski definition) is 5. The molecule has 0 saturated heterocycles. The minimum atomic E-state index is -2.69. The maximum atomic E-state index is 13.9. The van der Waals surface area contributed by atoms with Crippen molar-refractivity contribution in [3.63, 3.8) is 0 Å². The van der Waals surface area contributed by atoms with Gasteiger partial charge in [0.1, 0.15) is 28.6 Å². The molecule has 3 aliphatic rings. The third-order valence-electron chi connectivity index (χ3n) is 8.29. The van der Waals surface area contributed by atoms with Crippen LogP contribution in [0.4, 0.5) is 0 Å². The normalized spacial score (nSPS) is 25.5. The zero-order valence-corrected chi connectivity index (χ0v) is 22.7. The second kappa shape index (κ2) is 9.86. The number of phenols is 1. The van der Waals surface area contributed by atoms with Gasteiger partial charge in [-0.3, -0.25) is 24.1 Å². The number of fused-ring (bicyclic) bond motifs is 3. The Hall–Kier alpha value is -4.48. The maximum Gasteiger partial charge on any atom is 0.310 e. The van der Waals surface area contributed by atoms with Gasteiger partial charge in [0.25, 0.3) is 5.91 Å². The zero-order valence-electron chi connectivity index (χ0n) is 22.7. The molecular formula is C30H30N2O9. The third-order valence-corrected chi connectivity index (χ3v) is 8.29. The first-order valence-electron chi connectivity index (χ1n) is 13.1. The Kier molecular flexibility index (Phi) is 6.75. The summed E-state index contributed by atoms with van der Waals surface area (Å²) in [5.74, 6) is -7.03. The average Bonchev–Trinajstić information content (AvgIpc) is 2.91. The van der Waals surface area contributed by atoms with Crippen LogP contribution in [0.5, 0.6) is 11.5 Å². The Morgan fingerprint density at radius 1 is 1.07 bits per heavy atom. The van der Waals surface area contributed by atoms with Gasteiger partial charge >= 0.3 is 5.97 Å². The highest BCUT2D eigenvalue weighted by Gasteiger charge is 2.64. The molecule has 4 atom stereocenters. The van der Waals surface area contributed by atoms with Gasteiger partial charge in [0.2, 0.25) is 5.78 Å². The number of Topliss-reactive ketones (excluding diaryl/α,β-unsaturated/α-hetero) is 2. The molecule has 0 heterocycles. The number of likely N-dealkylation sites (N-methyl/N-ethyl adjacent to an activating group) is 1. The lowest BCUT2D eigenvalue weighted by molar-refractivity contribution is -0.153. The number of ether oxygens (including phenoxy) is 1. The standard InChI is InChI=1S/C30H30N2O9/c1-4-20(34)41-15-7-5-13(6-8-15)16-9-10-19(33)22-17(16)11-14-12-18-24(32(2)3)26(36)23(29(31)39)28(38)30(18,40)27(37)21(14)25(22)35/h5-10,14,18,24,33,35,38,40H,4,11-12H2,1-3H3,(H2,31,39)/t14-,18-,24?,30-/m0/s1. The van der Waals surface area contributed by atoms with Crippen LogP contribution in [-0.4, -0.2) is 74.5 Å². The largest absolute Gasteiger partial charge is 0.508 e. The van der Waals surface area contributed by atoms with Gasteiger partial charge in [0, 0.05) is 17.9 Å². The monoisotopic (exact) mass is 562 g/mol. The highest BCUT2D eigenvalue weighted by Crippen LogP contribution is 2.53. The molecule has 0 radical (unpaired) electrons. The lowest BCUT2D eigenvalue weighted by Crippen LogP contribution is -2.65. The van der Waals surface area contributed by atoms with Gasteiger partial charge in [0.15, 0.2) is 11.4 Å². The number of aromatic hydroxyl groups is 1. The van der Waals surface area contributed by atoms with Crippen LogP contribution in [0.2, 0.25) is 0 Å². The van der Waals surface area contributed by atoms with E-state index in [-0.39, 0.29) is 42.1 Å². The third kappa shape index (κ3) is 4.11. The van der Waals surface area contributed by atoms with E-state index in [1.54, 1.807) is 51.4 Å². The highest BCUT2D eigenvalue weighted by atomic mass is 16.5. The van der Waals surface area contributed by atoms with Gasteiger partial charge in [-0.05, 0) is 67.7 Å². The number of benzene rings is 2. The van der Waals surface area contributed by atoms with E-state index in [1.165, 1.54) is 11.0 Å². The summed E-state index contributed by atoms with van der Waals surface area (Å²) in [6.45, 7) is 1.68. The number of ketones is 2. The molecule has 11 heteroatoms. The molecule has 1 fully saturated rings. The summed E-state index contributed by atoms with van der Waals surface area (Å²) in [7, 11) is 3.09. The van der Waals surface area contributed by atoms with Crippen LogP contribution in [0.25, 0.3) is 16.9 Å². The van der Waals surface area contributed by atoms with E-state index in [0.717, 1.165) is 0 Å². The van der Waals surface area contributed by atoms with Crippen molar-refractivity contribution in [1.29, 1.82) is 0 Å². The molecule has 11 nitrogen and oxygen atoms in total. The van der Waals surface area contributed by atoms with Crippen molar-refractivity contribution in [2.75, 3.05) is 14.1 Å². The molecule has 2 aromatic carbocycles. The van der Waals surface area contributed by atoms with Gasteiger partial charge in [0.05, 0.1) is 11.6 Å². The van der Waals surface area contributed by atoms with E-state index in [0.29, 0.717) is 22.4 Å². The van der Waals surface area contributed by atoms with Crippen molar-refractivity contribution in [3.05, 3.63) is 64.4 Å². The molecule has 2 aromatic rings. The van der Waals surface area contributed by atoms with E-state index in [4.69, 9.17) is 10.5 Å². The fourth-order valence-electron chi connectivity index (χ4n) is 6.42. The molecule has 1 amide bonds. The van der Waals surface area contributed by atoms with E-state index in [9.17, 15) is 39.6 Å². The summed E-state index contributed by atoms with van der Waals surface area (Å²) < 4.78 is 5.24. The number of phenolic OH excluding ortho intramolecular Hbond substituents is 1. The number of hydrogen-bond acceptors (Lipinski definition) is 10. The van der Waals surface area contributed by atoms with Gasteiger partial charge < -0.3 is 30.9 Å². The Morgan fingerprint density at radius 3 is 2.32 bits per heavy atom. The lowest BCUT2D eigenvalue weighted by atomic mass is 9.57. The van der Waals surface area contributed by atoms with Crippen LogP contribution in [-0.2, 0) is 25.6 Å². The fourth-order valence-corrected chi connectivity index (χ4v) is 6.42. The number of primary amides is 1. The molecule has 1 unspecified atom stereocenters. The second-order valence-electron chi connectivity index (χ2n) is 10.8. The molecule has 0 aliphatic heterocycles. The molecule has 214 valence electrons. The van der Waals surface area contributed by atoms with Crippen molar-refractivity contribution in [2.24, 2.45) is 17.6 Å². The van der Waals surface area contributed by atoms with Crippen LogP contribution in [0.1, 0.15) is 30.9 Å². The number of nitrogens with zero attached hydrogens (tertiary/aromatic N) is 1. The van der Waals surface area contributed by atoms with Crippen molar-refractivity contribution in [1.82, 2.24) is 4.90 Å². The van der Waals surface area contributed by atoms with Crippen molar-refractivity contribution < 1.29 is 44.3 Å². The zero-order chi connectivity index (χ0) is 30.0. The molecule has 5 rings (SSSR count). The van der Waals surface area contributed by atoms with Crippen LogP contribution >= 0.6 is 0 Å². The minimum Gasteiger partial charge on any atom is -0.508 e. The van der Waals surface area contributed by atoms with Crippen LogP contribution in [0, 0.1) is 11.8 Å². The quantitative estimate of drug-likeness (QED) is 0.205. The van der Waals surface area contributed by atoms with Crippen molar-refractivity contribution in [3.8, 4) is 22.6 Å². The summed E-state index contributed by atoms with van der Waals surface area (Å²) in [6, 6.07) is 8.57. The number of carbonyl (C=O) groups excluding carboxylic acids is 4.